The third kappa shape index (κ3) is 1.56. The highest BCUT2D eigenvalue weighted by Gasteiger charge is 2.63. The summed E-state index contributed by atoms with van der Waals surface area (Å²) >= 11 is 0. The van der Waals surface area contributed by atoms with Gasteiger partial charge in [-0.1, -0.05) is 30.7 Å². The molecule has 15 heavy (non-hydrogen) atoms. The van der Waals surface area contributed by atoms with E-state index in [-0.39, 0.29) is 18.4 Å². The molecule has 84 valence electrons. The van der Waals surface area contributed by atoms with Crippen LogP contribution in [0.5, 0.6) is 0 Å². The Kier molecular flexibility index (Phi) is 2.14. The summed E-state index contributed by atoms with van der Waals surface area (Å²) in [6.07, 6.45) is 7.46. The van der Waals surface area contributed by atoms with E-state index in [0.717, 1.165) is 6.42 Å². The van der Waals surface area contributed by atoms with Crippen molar-refractivity contribution < 1.29 is 6.22 Å². The molecule has 0 aromatic rings. The highest BCUT2D eigenvalue weighted by molar-refractivity contribution is 5.76. The Morgan fingerprint density at radius 1 is 1.67 bits per heavy atom. The summed E-state index contributed by atoms with van der Waals surface area (Å²) in [4.78, 5) is 11.5. The van der Waals surface area contributed by atoms with Gasteiger partial charge in [0.25, 0.3) is 0 Å². The van der Waals surface area contributed by atoms with Crippen molar-refractivity contribution in [2.45, 2.75) is 32.7 Å². The van der Waals surface area contributed by atoms with Crippen LogP contribution in [-0.4, -0.2) is 18.1 Å². The molecule has 0 spiro atoms. The van der Waals surface area contributed by atoms with Gasteiger partial charge in [0.15, 0.2) is 0 Å². The lowest BCUT2D eigenvalue weighted by Crippen LogP contribution is -2.45. The fourth-order valence-electron chi connectivity index (χ4n) is 2.42. The summed E-state index contributed by atoms with van der Waals surface area (Å²) in [7, 11) is 0. The number of carbonyl (C=O) groups excluding carboxylic acids is 1. The Hall–Kier alpha value is -1.25. The fraction of sp³-hybridized carbons (Fsp3) is 0.583. The van der Waals surface area contributed by atoms with Gasteiger partial charge in [0, 0.05) is 13.4 Å². The molecular weight excluding hydrogens is 188 g/mol. The number of carbonyl (C=O) groups is 1. The molecule has 1 saturated carbocycles. The lowest BCUT2D eigenvalue weighted by molar-refractivity contribution is 0.237. The highest BCUT2D eigenvalue weighted by atomic mass is 16.2. The van der Waals surface area contributed by atoms with E-state index in [1.165, 1.54) is 5.57 Å². The van der Waals surface area contributed by atoms with Gasteiger partial charge in [0.2, 0.25) is 0 Å². The molecule has 0 aliphatic heterocycles. The van der Waals surface area contributed by atoms with Crippen LogP contribution in [0.2, 0.25) is 0 Å². The van der Waals surface area contributed by atoms with Gasteiger partial charge in [-0.15, -0.1) is 0 Å². The van der Waals surface area contributed by atoms with Gasteiger partial charge in [-0.25, -0.2) is 4.79 Å². The first kappa shape index (κ1) is 10.3. The second kappa shape index (κ2) is 3.12. The van der Waals surface area contributed by atoms with Crippen LogP contribution in [0, 0.1) is 5.41 Å². The first-order valence-electron chi connectivity index (χ1n) is 5.46. The van der Waals surface area contributed by atoms with E-state index in [1.807, 2.05) is 6.92 Å². The molecule has 2 amide bonds. The topological polar surface area (TPSA) is 41.1 Å². The second-order valence-electron chi connectivity index (χ2n) is 4.77. The molecule has 0 heterocycles. The Balaban J connectivity index is 0.00000128. The van der Waals surface area contributed by atoms with Crippen molar-refractivity contribution in [1.82, 2.24) is 10.6 Å². The summed E-state index contributed by atoms with van der Waals surface area (Å²) < 4.78 is 0. The molecule has 3 heteroatoms. The molecule has 0 aromatic carbocycles. The number of nitrogens with one attached hydrogen (secondary N) is 2. The van der Waals surface area contributed by atoms with Gasteiger partial charge >= 0.3 is 6.03 Å². The van der Waals surface area contributed by atoms with Crippen LogP contribution in [0.25, 0.3) is 0 Å². The number of amides is 2. The van der Waals surface area contributed by atoms with Gasteiger partial charge < -0.3 is 10.6 Å². The van der Waals surface area contributed by atoms with E-state index in [9.17, 15) is 4.79 Å². The highest BCUT2D eigenvalue weighted by Crippen LogP contribution is 2.60. The minimum Gasteiger partial charge on any atom is -0.338 e. The van der Waals surface area contributed by atoms with Crippen LogP contribution >= 0.6 is 0 Å². The Morgan fingerprint density at radius 2 is 2.40 bits per heavy atom. The molecule has 2 N–H and O–H groups in total. The number of hydrogen-bond donors (Lipinski definition) is 2. The molecular formula is C12H20N2O. The van der Waals surface area contributed by atoms with Gasteiger partial charge in [-0.2, -0.15) is 0 Å². The van der Waals surface area contributed by atoms with E-state index in [1.54, 1.807) is 0 Å². The smallest absolute Gasteiger partial charge is 0.315 e. The van der Waals surface area contributed by atoms with Crippen molar-refractivity contribution >= 4 is 6.03 Å². The van der Waals surface area contributed by atoms with Crippen LogP contribution in [-0.2, 0) is 0 Å². The first-order chi connectivity index (χ1) is 7.01. The first-order valence-corrected chi connectivity index (χ1v) is 5.46. The SMILES string of the molecule is CCNC(=O)NC12C=CC(C)=CC1(C)C2.[HH]. The summed E-state index contributed by atoms with van der Waals surface area (Å²) in [5.41, 5.74) is 1.27. The zero-order chi connectivity index (χ0) is 11.1. The van der Waals surface area contributed by atoms with E-state index in [2.05, 4.69) is 42.7 Å². The molecule has 0 radical (unpaired) electrons. The van der Waals surface area contributed by atoms with Gasteiger partial charge in [0.1, 0.15) is 0 Å². The standard InChI is InChI=1S/C12H18N2O.H2/c1-4-13-10(15)14-12-6-5-9(2)7-11(12,3)8-12;/h5-7H,4,8H2,1-3H3,(H2,13,14,15);1H. The van der Waals surface area contributed by atoms with Crippen LogP contribution in [0.15, 0.2) is 23.8 Å². The van der Waals surface area contributed by atoms with Crippen molar-refractivity contribution in [2.24, 2.45) is 5.41 Å². The number of hydrogen-bond acceptors (Lipinski definition) is 1. The van der Waals surface area contributed by atoms with Crippen molar-refractivity contribution in [1.29, 1.82) is 0 Å². The molecule has 0 bridgehead atoms. The Morgan fingerprint density at radius 3 is 3.00 bits per heavy atom. The zero-order valence-corrected chi connectivity index (χ0v) is 9.55. The van der Waals surface area contributed by atoms with E-state index < -0.39 is 0 Å². The van der Waals surface area contributed by atoms with Gasteiger partial charge in [-0.05, 0) is 20.3 Å². The molecule has 2 rings (SSSR count). The summed E-state index contributed by atoms with van der Waals surface area (Å²) in [5, 5.41) is 5.82. The summed E-state index contributed by atoms with van der Waals surface area (Å²) in [6, 6.07) is -0.0705. The molecule has 0 aromatic heterocycles. The average Bonchev–Trinajstić information content (AvgIpc) is 2.70. The van der Waals surface area contributed by atoms with Crippen molar-refractivity contribution in [3.8, 4) is 0 Å². The number of allylic oxidation sites excluding steroid dienone is 2. The Labute approximate surface area is 92.1 Å². The maximum absolute atomic E-state index is 11.5. The number of fused-ring (bicyclic) bond motifs is 1. The predicted molar refractivity (Wildman–Crippen MR) is 62.7 cm³/mol. The van der Waals surface area contributed by atoms with Crippen LogP contribution < -0.4 is 10.6 Å². The molecule has 1 fully saturated rings. The van der Waals surface area contributed by atoms with Crippen LogP contribution in [0.1, 0.15) is 28.6 Å². The average molecular weight is 208 g/mol. The van der Waals surface area contributed by atoms with Crippen molar-refractivity contribution in [3.63, 3.8) is 0 Å². The third-order valence-electron chi connectivity index (χ3n) is 3.39. The van der Waals surface area contributed by atoms with Crippen LogP contribution in [0.4, 0.5) is 4.79 Å². The fourth-order valence-corrected chi connectivity index (χ4v) is 2.42. The lowest BCUT2D eigenvalue weighted by atomic mass is 9.93. The second-order valence-corrected chi connectivity index (χ2v) is 4.77. The molecule has 2 aliphatic rings. The molecule has 2 unspecified atom stereocenters. The van der Waals surface area contributed by atoms with Gasteiger partial charge in [-0.3, -0.25) is 0 Å². The van der Waals surface area contributed by atoms with Crippen molar-refractivity contribution in [3.05, 3.63) is 23.8 Å². The minimum absolute atomic E-state index is 0. The number of rotatable bonds is 2. The lowest BCUT2D eigenvalue weighted by Gasteiger charge is -2.22. The summed E-state index contributed by atoms with van der Waals surface area (Å²) in [6.45, 7) is 6.86. The predicted octanol–water partition coefficient (Wildman–Crippen LogP) is 2.22. The molecule has 2 atom stereocenters. The Bertz CT molecular complexity index is 364. The largest absolute Gasteiger partial charge is 0.338 e. The quantitative estimate of drug-likeness (QED) is 0.717. The zero-order valence-electron chi connectivity index (χ0n) is 9.55. The van der Waals surface area contributed by atoms with Crippen molar-refractivity contribution in [2.75, 3.05) is 6.54 Å². The van der Waals surface area contributed by atoms with E-state index >= 15 is 0 Å². The minimum atomic E-state index is -0.133. The normalized spacial score (nSPS) is 36.6. The molecule has 2 aliphatic carbocycles. The number of urea groups is 1. The molecule has 0 saturated heterocycles. The van der Waals surface area contributed by atoms with Crippen LogP contribution in [0.3, 0.4) is 0 Å². The summed E-state index contributed by atoms with van der Waals surface area (Å²) in [5.74, 6) is 0. The monoisotopic (exact) mass is 208 g/mol. The maximum atomic E-state index is 11.5. The van der Waals surface area contributed by atoms with E-state index in [4.69, 9.17) is 0 Å². The van der Waals surface area contributed by atoms with Gasteiger partial charge in [0.05, 0.1) is 5.54 Å². The maximum Gasteiger partial charge on any atom is 0.315 e. The third-order valence-corrected chi connectivity index (χ3v) is 3.39. The van der Waals surface area contributed by atoms with E-state index in [0.29, 0.717) is 6.54 Å². The molecule has 3 nitrogen and oxygen atoms in total.